The van der Waals surface area contributed by atoms with Gasteiger partial charge in [-0.05, 0) is 66.6 Å². The van der Waals surface area contributed by atoms with E-state index in [4.69, 9.17) is 0 Å². The summed E-state index contributed by atoms with van der Waals surface area (Å²) in [6.45, 7) is 1.79. The van der Waals surface area contributed by atoms with Gasteiger partial charge in [0.25, 0.3) is 5.91 Å². The number of hydrogen-bond acceptors (Lipinski definition) is 2. The molecule has 29 heavy (non-hydrogen) atoms. The van der Waals surface area contributed by atoms with E-state index in [1.165, 1.54) is 24.0 Å². The largest absolute Gasteiger partial charge is 0.378 e. The Bertz CT molecular complexity index is 928. The quantitative estimate of drug-likeness (QED) is 0.544. The van der Waals surface area contributed by atoms with Gasteiger partial charge in [-0.2, -0.15) is 0 Å². The van der Waals surface area contributed by atoms with Gasteiger partial charge in [-0.3, -0.25) is 4.79 Å². The third-order valence-electron chi connectivity index (χ3n) is 6.73. The van der Waals surface area contributed by atoms with Crippen LogP contribution in [0.1, 0.15) is 65.5 Å². The molecule has 0 spiro atoms. The Balaban J connectivity index is 1.45. The Morgan fingerprint density at radius 2 is 1.76 bits per heavy atom. The van der Waals surface area contributed by atoms with Crippen LogP contribution in [0.25, 0.3) is 0 Å². The van der Waals surface area contributed by atoms with Gasteiger partial charge in [-0.25, -0.2) is 0 Å². The third kappa shape index (κ3) is 3.63. The van der Waals surface area contributed by atoms with E-state index in [-0.39, 0.29) is 5.91 Å². The maximum absolute atomic E-state index is 13.1. The zero-order chi connectivity index (χ0) is 19.8. The minimum Gasteiger partial charge on any atom is -0.378 e. The van der Waals surface area contributed by atoms with Gasteiger partial charge in [-0.1, -0.05) is 53.1 Å². The molecule has 1 aliphatic carbocycles. The van der Waals surface area contributed by atoms with Crippen LogP contribution in [-0.4, -0.2) is 23.9 Å². The molecule has 0 radical (unpaired) electrons. The molecule has 2 aromatic carbocycles. The minimum atomic E-state index is 0.197. The van der Waals surface area contributed by atoms with E-state index in [0.29, 0.717) is 17.9 Å². The van der Waals surface area contributed by atoms with Crippen LogP contribution in [0.15, 0.2) is 59.1 Å². The highest BCUT2D eigenvalue weighted by molar-refractivity contribution is 9.10. The van der Waals surface area contributed by atoms with Crippen LogP contribution in [0.4, 0.5) is 5.69 Å². The number of nitrogens with zero attached hydrogens (tertiary/aromatic N) is 1. The molecule has 150 valence electrons. The van der Waals surface area contributed by atoms with Gasteiger partial charge in [0.2, 0.25) is 0 Å². The van der Waals surface area contributed by atoms with Crippen molar-refractivity contribution in [1.29, 1.82) is 0 Å². The lowest BCUT2D eigenvalue weighted by Crippen LogP contribution is -2.33. The fourth-order valence-electron chi connectivity index (χ4n) is 5.18. The molecule has 3 atom stereocenters. The molecule has 1 N–H and O–H groups in total. The highest BCUT2D eigenvalue weighted by atomic mass is 79.9. The van der Waals surface area contributed by atoms with E-state index in [1.807, 2.05) is 6.07 Å². The van der Waals surface area contributed by atoms with Crippen LogP contribution in [0, 0.1) is 5.92 Å². The number of allylic oxidation sites excluding steroid dienone is 2. The van der Waals surface area contributed by atoms with Crippen molar-refractivity contribution in [3.63, 3.8) is 0 Å². The maximum atomic E-state index is 13.1. The summed E-state index contributed by atoms with van der Waals surface area (Å²) in [6, 6.07) is 15.2. The van der Waals surface area contributed by atoms with E-state index in [0.717, 1.165) is 48.1 Å². The number of fused-ring (bicyclic) bond motifs is 3. The minimum absolute atomic E-state index is 0.197. The molecule has 3 aliphatic rings. The molecule has 0 saturated carbocycles. The Labute approximate surface area is 181 Å². The van der Waals surface area contributed by atoms with Crippen molar-refractivity contribution in [2.45, 2.75) is 44.1 Å². The number of nitrogens with one attached hydrogen (secondary N) is 1. The molecule has 0 aromatic heterocycles. The normalized spacial score (nSPS) is 25.7. The van der Waals surface area contributed by atoms with Gasteiger partial charge in [0.1, 0.15) is 0 Å². The fraction of sp³-hybridized carbons (Fsp3) is 0.400. The summed E-state index contributed by atoms with van der Waals surface area (Å²) in [5, 5.41) is 3.78. The number of amides is 1. The molecule has 4 heteroatoms. The average molecular weight is 451 g/mol. The number of anilines is 1. The summed E-state index contributed by atoms with van der Waals surface area (Å²) in [4.78, 5) is 15.2. The first kappa shape index (κ1) is 18.9. The van der Waals surface area contributed by atoms with Crippen LogP contribution in [-0.2, 0) is 0 Å². The molecular weight excluding hydrogens is 424 g/mol. The smallest absolute Gasteiger partial charge is 0.253 e. The van der Waals surface area contributed by atoms with Crippen molar-refractivity contribution < 1.29 is 4.79 Å². The van der Waals surface area contributed by atoms with Gasteiger partial charge in [-0.15, -0.1) is 0 Å². The maximum Gasteiger partial charge on any atom is 0.253 e. The molecule has 0 bridgehead atoms. The van der Waals surface area contributed by atoms with Crippen LogP contribution in [0.3, 0.4) is 0 Å². The number of likely N-dealkylation sites (tertiary alicyclic amines) is 1. The van der Waals surface area contributed by atoms with Crippen molar-refractivity contribution >= 4 is 27.5 Å². The molecule has 2 aromatic rings. The zero-order valence-corrected chi connectivity index (χ0v) is 18.2. The Morgan fingerprint density at radius 1 is 1.00 bits per heavy atom. The average Bonchev–Trinajstić information content (AvgIpc) is 3.09. The summed E-state index contributed by atoms with van der Waals surface area (Å²) >= 11 is 3.54. The highest BCUT2D eigenvalue weighted by Gasteiger charge is 2.38. The van der Waals surface area contributed by atoms with Gasteiger partial charge in [0.15, 0.2) is 0 Å². The van der Waals surface area contributed by atoms with Crippen LogP contribution in [0.5, 0.6) is 0 Å². The van der Waals surface area contributed by atoms with Crippen molar-refractivity contribution in [1.82, 2.24) is 4.90 Å². The lowest BCUT2D eigenvalue weighted by molar-refractivity contribution is 0.0761. The van der Waals surface area contributed by atoms with Crippen molar-refractivity contribution in [3.8, 4) is 0 Å². The van der Waals surface area contributed by atoms with Gasteiger partial charge < -0.3 is 10.2 Å². The number of halogens is 1. The second-order valence-corrected chi connectivity index (χ2v) is 9.45. The van der Waals surface area contributed by atoms with E-state index in [2.05, 4.69) is 74.7 Å². The summed E-state index contributed by atoms with van der Waals surface area (Å²) in [5.74, 6) is 1.06. The molecule has 5 rings (SSSR count). The topological polar surface area (TPSA) is 32.3 Å². The number of carbonyl (C=O) groups excluding carboxylic acids is 1. The SMILES string of the molecule is O=C(c1ccc2c(c1)[C@H]1C=CC[C@@H]1[C@@H](c1ccc(Br)cc1)N2)N1CCCCCC1. The van der Waals surface area contributed by atoms with Crippen molar-refractivity contribution in [2.24, 2.45) is 5.92 Å². The van der Waals surface area contributed by atoms with E-state index in [9.17, 15) is 4.79 Å². The number of benzene rings is 2. The number of carbonyl (C=O) groups is 1. The molecular formula is C25H27BrN2O. The first-order valence-corrected chi connectivity index (χ1v) is 11.6. The van der Waals surface area contributed by atoms with E-state index >= 15 is 0 Å². The molecule has 3 nitrogen and oxygen atoms in total. The van der Waals surface area contributed by atoms with Crippen LogP contribution in [0.2, 0.25) is 0 Å². The van der Waals surface area contributed by atoms with Gasteiger partial charge >= 0.3 is 0 Å². The Kier molecular flexibility index (Phi) is 5.21. The van der Waals surface area contributed by atoms with Crippen molar-refractivity contribution in [2.75, 3.05) is 18.4 Å². The summed E-state index contributed by atoms with van der Waals surface area (Å²) in [5.41, 5.74) is 4.60. The lowest BCUT2D eigenvalue weighted by Gasteiger charge is -2.38. The first-order valence-electron chi connectivity index (χ1n) is 10.8. The second kappa shape index (κ2) is 7.98. The number of hydrogen-bond donors (Lipinski definition) is 1. The van der Waals surface area contributed by atoms with Gasteiger partial charge in [0.05, 0.1) is 6.04 Å². The van der Waals surface area contributed by atoms with Gasteiger partial charge in [0, 0.05) is 34.7 Å². The highest BCUT2D eigenvalue weighted by Crippen LogP contribution is 2.50. The van der Waals surface area contributed by atoms with Crippen LogP contribution < -0.4 is 5.32 Å². The third-order valence-corrected chi connectivity index (χ3v) is 7.26. The molecule has 2 heterocycles. The van der Waals surface area contributed by atoms with E-state index < -0.39 is 0 Å². The lowest BCUT2D eigenvalue weighted by atomic mass is 9.76. The second-order valence-electron chi connectivity index (χ2n) is 8.54. The summed E-state index contributed by atoms with van der Waals surface area (Å²) in [6.07, 6.45) is 10.5. The standard InChI is InChI=1S/C25H27BrN2O/c26-19-11-8-17(9-12-19)24-21-7-5-6-20(21)22-16-18(10-13-23(22)27-24)25(29)28-14-3-1-2-4-15-28/h5-6,8-13,16,20-21,24,27H,1-4,7,14-15H2/t20-,21-,24+/m0/s1. The summed E-state index contributed by atoms with van der Waals surface area (Å²) in [7, 11) is 0. The summed E-state index contributed by atoms with van der Waals surface area (Å²) < 4.78 is 1.11. The monoisotopic (exact) mass is 450 g/mol. The Hall–Kier alpha value is -2.07. The zero-order valence-electron chi connectivity index (χ0n) is 16.6. The predicted octanol–water partition coefficient (Wildman–Crippen LogP) is 6.29. The van der Waals surface area contributed by atoms with Crippen molar-refractivity contribution in [3.05, 3.63) is 75.8 Å². The van der Waals surface area contributed by atoms with Crippen LogP contribution >= 0.6 is 15.9 Å². The molecule has 1 fully saturated rings. The number of rotatable bonds is 2. The fourth-order valence-corrected chi connectivity index (χ4v) is 5.45. The molecule has 1 saturated heterocycles. The Morgan fingerprint density at radius 3 is 2.52 bits per heavy atom. The first-order chi connectivity index (χ1) is 14.2. The molecule has 2 aliphatic heterocycles. The van der Waals surface area contributed by atoms with E-state index in [1.54, 1.807) is 0 Å². The molecule has 0 unspecified atom stereocenters. The predicted molar refractivity (Wildman–Crippen MR) is 121 cm³/mol. The molecule has 1 amide bonds.